The number of nitrogens with one attached hydrogen (secondary N) is 1. The van der Waals surface area contributed by atoms with Crippen molar-refractivity contribution in [2.75, 3.05) is 11.1 Å². The third-order valence-corrected chi connectivity index (χ3v) is 2.48. The van der Waals surface area contributed by atoms with Crippen molar-refractivity contribution in [3.8, 4) is 11.5 Å². The maximum Gasteiger partial charge on any atom is 0.259 e. The van der Waals surface area contributed by atoms with E-state index in [9.17, 15) is 14.3 Å². The van der Waals surface area contributed by atoms with Crippen LogP contribution < -0.4 is 11.1 Å². The van der Waals surface area contributed by atoms with Gasteiger partial charge in [-0.15, -0.1) is 0 Å². The van der Waals surface area contributed by atoms with Gasteiger partial charge in [0.1, 0.15) is 17.3 Å². The predicted molar refractivity (Wildman–Crippen MR) is 68.5 cm³/mol. The van der Waals surface area contributed by atoms with Gasteiger partial charge in [0.15, 0.2) is 0 Å². The van der Waals surface area contributed by atoms with E-state index in [4.69, 9.17) is 10.8 Å². The summed E-state index contributed by atoms with van der Waals surface area (Å²) in [5, 5.41) is 21.1. The number of benzene rings is 2. The van der Waals surface area contributed by atoms with Gasteiger partial charge in [0.25, 0.3) is 5.91 Å². The van der Waals surface area contributed by atoms with Crippen molar-refractivity contribution in [2.45, 2.75) is 0 Å². The van der Waals surface area contributed by atoms with Gasteiger partial charge in [0.2, 0.25) is 0 Å². The van der Waals surface area contributed by atoms with Gasteiger partial charge in [-0.2, -0.15) is 0 Å². The number of nitrogen functional groups attached to an aromatic ring is 1. The van der Waals surface area contributed by atoms with Crippen molar-refractivity contribution in [1.82, 2.24) is 0 Å². The van der Waals surface area contributed by atoms with Gasteiger partial charge < -0.3 is 21.3 Å². The molecule has 0 aromatic heterocycles. The number of anilines is 2. The molecule has 2 aromatic rings. The minimum atomic E-state index is -0.594. The van der Waals surface area contributed by atoms with Crippen molar-refractivity contribution in [3.05, 3.63) is 47.8 Å². The molecular formula is C13H11FN2O3. The third kappa shape index (κ3) is 2.74. The molecular weight excluding hydrogens is 251 g/mol. The molecule has 5 nitrogen and oxygen atoms in total. The summed E-state index contributed by atoms with van der Waals surface area (Å²) in [6.07, 6.45) is 0. The molecule has 0 atom stereocenters. The van der Waals surface area contributed by atoms with Crippen molar-refractivity contribution in [3.63, 3.8) is 0 Å². The van der Waals surface area contributed by atoms with Crippen LogP contribution >= 0.6 is 0 Å². The molecule has 0 radical (unpaired) electrons. The zero-order chi connectivity index (χ0) is 14.0. The number of aromatic hydroxyl groups is 2. The summed E-state index contributed by atoms with van der Waals surface area (Å²) in [6, 6.07) is 7.34. The molecule has 0 aliphatic heterocycles. The van der Waals surface area contributed by atoms with E-state index in [0.717, 1.165) is 12.1 Å². The molecule has 5 N–H and O–H groups in total. The number of phenols is 2. The summed E-state index contributed by atoms with van der Waals surface area (Å²) in [5.41, 5.74) is 5.57. The van der Waals surface area contributed by atoms with Crippen LogP contribution in [0.5, 0.6) is 11.5 Å². The van der Waals surface area contributed by atoms with Gasteiger partial charge in [-0.05, 0) is 30.3 Å². The molecule has 6 heteroatoms. The van der Waals surface area contributed by atoms with Gasteiger partial charge in [0.05, 0.1) is 11.3 Å². The monoisotopic (exact) mass is 262 g/mol. The molecule has 0 aliphatic carbocycles. The van der Waals surface area contributed by atoms with Crippen molar-refractivity contribution < 1.29 is 19.4 Å². The first-order valence-electron chi connectivity index (χ1n) is 5.36. The first kappa shape index (κ1) is 12.7. The van der Waals surface area contributed by atoms with E-state index in [0.29, 0.717) is 5.69 Å². The normalized spacial score (nSPS) is 10.2. The lowest BCUT2D eigenvalue weighted by Crippen LogP contribution is -2.12. The Morgan fingerprint density at radius 3 is 2.53 bits per heavy atom. The second-order valence-corrected chi connectivity index (χ2v) is 3.89. The van der Waals surface area contributed by atoms with Crippen molar-refractivity contribution in [1.29, 1.82) is 0 Å². The maximum atomic E-state index is 13.0. The predicted octanol–water partition coefficient (Wildman–Crippen LogP) is 2.07. The average Bonchev–Trinajstić information content (AvgIpc) is 2.33. The Bertz CT molecular complexity index is 644. The molecule has 0 fully saturated rings. The van der Waals surface area contributed by atoms with Crippen LogP contribution in [0.1, 0.15) is 10.4 Å². The Labute approximate surface area is 108 Å². The van der Waals surface area contributed by atoms with Crippen LogP contribution in [0.15, 0.2) is 36.4 Å². The van der Waals surface area contributed by atoms with E-state index < -0.39 is 11.7 Å². The number of hydrogen-bond donors (Lipinski definition) is 4. The van der Waals surface area contributed by atoms with E-state index in [1.165, 1.54) is 24.3 Å². The number of phenolic OH excluding ortho intramolecular Hbond substituents is 2. The highest BCUT2D eigenvalue weighted by atomic mass is 19.1. The maximum absolute atomic E-state index is 13.0. The van der Waals surface area contributed by atoms with Gasteiger partial charge >= 0.3 is 0 Å². The molecule has 0 bridgehead atoms. The highest BCUT2D eigenvalue weighted by Gasteiger charge is 2.12. The summed E-state index contributed by atoms with van der Waals surface area (Å²) in [4.78, 5) is 11.9. The summed E-state index contributed by atoms with van der Waals surface area (Å²) in [5.74, 6) is -1.68. The summed E-state index contributed by atoms with van der Waals surface area (Å²) in [6.45, 7) is 0. The molecule has 0 unspecified atom stereocenters. The van der Waals surface area contributed by atoms with Crippen LogP contribution in [-0.2, 0) is 0 Å². The summed E-state index contributed by atoms with van der Waals surface area (Å²) in [7, 11) is 0. The molecule has 2 aromatic carbocycles. The molecule has 0 saturated heterocycles. The third-order valence-electron chi connectivity index (χ3n) is 2.48. The molecule has 0 aliphatic rings. The second kappa shape index (κ2) is 4.85. The fourth-order valence-corrected chi connectivity index (χ4v) is 1.53. The number of amides is 1. The summed E-state index contributed by atoms with van der Waals surface area (Å²) >= 11 is 0. The first-order valence-corrected chi connectivity index (χ1v) is 5.36. The molecule has 0 heterocycles. The number of rotatable bonds is 2. The number of halogens is 1. The van der Waals surface area contributed by atoms with Gasteiger partial charge in [0, 0.05) is 11.8 Å². The minimum Gasteiger partial charge on any atom is -0.508 e. The first-order chi connectivity index (χ1) is 8.97. The van der Waals surface area contributed by atoms with Crippen LogP contribution in [-0.4, -0.2) is 16.1 Å². The fraction of sp³-hybridized carbons (Fsp3) is 0. The highest BCUT2D eigenvalue weighted by molar-refractivity contribution is 6.06. The van der Waals surface area contributed by atoms with Gasteiger partial charge in [-0.1, -0.05) is 0 Å². The smallest absolute Gasteiger partial charge is 0.259 e. The lowest BCUT2D eigenvalue weighted by Gasteiger charge is -2.08. The topological polar surface area (TPSA) is 95.6 Å². The number of hydrogen-bond acceptors (Lipinski definition) is 4. The second-order valence-electron chi connectivity index (χ2n) is 3.89. The Hall–Kier alpha value is -2.76. The molecule has 98 valence electrons. The largest absolute Gasteiger partial charge is 0.508 e. The van der Waals surface area contributed by atoms with Crippen LogP contribution in [0.2, 0.25) is 0 Å². The average molecular weight is 262 g/mol. The van der Waals surface area contributed by atoms with E-state index >= 15 is 0 Å². The molecule has 2 rings (SSSR count). The van der Waals surface area contributed by atoms with Crippen LogP contribution in [0.25, 0.3) is 0 Å². The number of carbonyl (C=O) groups excluding carboxylic acids is 1. The van der Waals surface area contributed by atoms with Crippen LogP contribution in [0.4, 0.5) is 15.8 Å². The summed E-state index contributed by atoms with van der Waals surface area (Å²) < 4.78 is 13.0. The number of carbonyl (C=O) groups is 1. The Balaban J connectivity index is 2.23. The van der Waals surface area contributed by atoms with E-state index in [2.05, 4.69) is 5.32 Å². The van der Waals surface area contributed by atoms with Crippen molar-refractivity contribution in [2.24, 2.45) is 0 Å². The quantitative estimate of drug-likeness (QED) is 0.623. The Kier molecular flexibility index (Phi) is 3.24. The lowest BCUT2D eigenvalue weighted by molar-refractivity contribution is 0.102. The fourth-order valence-electron chi connectivity index (χ4n) is 1.53. The molecule has 1 amide bonds. The van der Waals surface area contributed by atoms with Crippen LogP contribution in [0, 0.1) is 5.82 Å². The van der Waals surface area contributed by atoms with E-state index in [1.54, 1.807) is 0 Å². The zero-order valence-corrected chi connectivity index (χ0v) is 9.72. The molecule has 19 heavy (non-hydrogen) atoms. The Morgan fingerprint density at radius 2 is 1.89 bits per heavy atom. The van der Waals surface area contributed by atoms with Gasteiger partial charge in [-0.3, -0.25) is 4.79 Å². The van der Waals surface area contributed by atoms with Gasteiger partial charge in [-0.25, -0.2) is 4.39 Å². The van der Waals surface area contributed by atoms with Crippen LogP contribution in [0.3, 0.4) is 0 Å². The minimum absolute atomic E-state index is 0.0132. The van der Waals surface area contributed by atoms with E-state index in [1.807, 2.05) is 0 Å². The lowest BCUT2D eigenvalue weighted by atomic mass is 10.1. The zero-order valence-electron chi connectivity index (χ0n) is 9.72. The SMILES string of the molecule is Nc1cc(NC(=O)c2ccc(O)cc2O)ccc1F. The Morgan fingerprint density at radius 1 is 1.16 bits per heavy atom. The molecule has 0 spiro atoms. The van der Waals surface area contributed by atoms with Crippen molar-refractivity contribution >= 4 is 17.3 Å². The standard InChI is InChI=1S/C13H11FN2O3/c14-10-4-1-7(5-11(10)15)16-13(19)9-3-2-8(17)6-12(9)18/h1-6,17-18H,15H2,(H,16,19). The number of nitrogens with two attached hydrogens (primary N) is 1. The molecule has 0 saturated carbocycles. The van der Waals surface area contributed by atoms with E-state index in [-0.39, 0.29) is 22.7 Å². The highest BCUT2D eigenvalue weighted by Crippen LogP contribution is 2.24.